The quantitative estimate of drug-likeness (QED) is 0.664. The highest BCUT2D eigenvalue weighted by Gasteiger charge is 2.13. The maximum atomic E-state index is 11.9. The Bertz CT molecular complexity index is 723. The van der Waals surface area contributed by atoms with Gasteiger partial charge in [-0.3, -0.25) is 14.9 Å². The number of nitrogens with two attached hydrogens (primary N) is 1. The first-order valence-corrected chi connectivity index (χ1v) is 6.30. The molecule has 0 atom stereocenters. The number of aryl methyl sites for hydroxylation is 1. The highest BCUT2D eigenvalue weighted by Crippen LogP contribution is 2.14. The van der Waals surface area contributed by atoms with Crippen LogP contribution < -0.4 is 11.3 Å². The standard InChI is InChI=1S/C11H10BrN5O3/c1-6-2-9(13)15-10(14-6)5-16-4-7(17(19)20)3-8(12)11(16)18/h2-4H,5H2,1H3,(H2,13,14,15). The lowest BCUT2D eigenvalue weighted by Gasteiger charge is -2.06. The summed E-state index contributed by atoms with van der Waals surface area (Å²) >= 11 is 3.00. The first kappa shape index (κ1) is 14.1. The molecule has 104 valence electrons. The predicted octanol–water partition coefficient (Wildman–Crippen LogP) is 1.25. The molecular weight excluding hydrogens is 330 g/mol. The molecule has 0 aromatic carbocycles. The summed E-state index contributed by atoms with van der Waals surface area (Å²) in [6, 6.07) is 2.75. The Labute approximate surface area is 121 Å². The molecule has 9 heteroatoms. The van der Waals surface area contributed by atoms with E-state index in [1.54, 1.807) is 13.0 Å². The van der Waals surface area contributed by atoms with E-state index >= 15 is 0 Å². The Hall–Kier alpha value is -2.29. The van der Waals surface area contributed by atoms with Crippen LogP contribution in [0.5, 0.6) is 0 Å². The first-order valence-electron chi connectivity index (χ1n) is 5.51. The second kappa shape index (κ2) is 5.37. The van der Waals surface area contributed by atoms with Gasteiger partial charge in [0.05, 0.1) is 22.1 Å². The lowest BCUT2D eigenvalue weighted by Crippen LogP contribution is -2.22. The Morgan fingerprint density at radius 1 is 1.45 bits per heavy atom. The number of nitrogens with zero attached hydrogens (tertiary/aromatic N) is 4. The minimum Gasteiger partial charge on any atom is -0.384 e. The molecule has 20 heavy (non-hydrogen) atoms. The van der Waals surface area contributed by atoms with Gasteiger partial charge in [0.2, 0.25) is 0 Å². The summed E-state index contributed by atoms with van der Waals surface area (Å²) in [4.78, 5) is 30.3. The Balaban J connectivity index is 2.47. The van der Waals surface area contributed by atoms with Gasteiger partial charge in [0.1, 0.15) is 5.82 Å². The van der Waals surface area contributed by atoms with E-state index in [9.17, 15) is 14.9 Å². The van der Waals surface area contributed by atoms with Gasteiger partial charge in [-0.1, -0.05) is 0 Å². The molecule has 2 rings (SSSR count). The molecule has 0 amide bonds. The monoisotopic (exact) mass is 339 g/mol. The maximum absolute atomic E-state index is 11.9. The van der Waals surface area contributed by atoms with Crippen molar-refractivity contribution >= 4 is 27.4 Å². The number of anilines is 1. The molecule has 8 nitrogen and oxygen atoms in total. The van der Waals surface area contributed by atoms with Crippen LogP contribution in [-0.2, 0) is 6.54 Å². The predicted molar refractivity (Wildman–Crippen MR) is 75.3 cm³/mol. The average Bonchev–Trinajstić information content (AvgIpc) is 2.33. The summed E-state index contributed by atoms with van der Waals surface area (Å²) in [5.74, 6) is 0.599. The normalized spacial score (nSPS) is 10.5. The van der Waals surface area contributed by atoms with Crippen molar-refractivity contribution in [2.24, 2.45) is 0 Å². The van der Waals surface area contributed by atoms with Gasteiger partial charge in [-0.15, -0.1) is 0 Å². The maximum Gasteiger partial charge on any atom is 0.286 e. The van der Waals surface area contributed by atoms with E-state index in [4.69, 9.17) is 5.73 Å². The van der Waals surface area contributed by atoms with Crippen molar-refractivity contribution in [2.45, 2.75) is 13.5 Å². The van der Waals surface area contributed by atoms with Gasteiger partial charge < -0.3 is 10.3 Å². The van der Waals surface area contributed by atoms with E-state index in [2.05, 4.69) is 25.9 Å². The molecule has 0 bridgehead atoms. The van der Waals surface area contributed by atoms with E-state index in [-0.39, 0.29) is 22.5 Å². The number of nitrogen functional groups attached to an aromatic ring is 1. The van der Waals surface area contributed by atoms with Gasteiger partial charge in [0.25, 0.3) is 11.2 Å². The molecule has 2 heterocycles. The molecule has 0 aliphatic carbocycles. The van der Waals surface area contributed by atoms with Crippen LogP contribution in [-0.4, -0.2) is 19.5 Å². The van der Waals surface area contributed by atoms with Gasteiger partial charge >= 0.3 is 0 Å². The van der Waals surface area contributed by atoms with Gasteiger partial charge in [0.15, 0.2) is 5.82 Å². The second-order valence-corrected chi connectivity index (χ2v) is 4.94. The van der Waals surface area contributed by atoms with Crippen molar-refractivity contribution in [1.29, 1.82) is 0 Å². The van der Waals surface area contributed by atoms with Crippen molar-refractivity contribution in [1.82, 2.24) is 14.5 Å². The minimum atomic E-state index is -0.577. The van der Waals surface area contributed by atoms with Crippen molar-refractivity contribution < 1.29 is 4.92 Å². The molecule has 0 saturated carbocycles. The van der Waals surface area contributed by atoms with Crippen LogP contribution in [0.4, 0.5) is 11.5 Å². The van der Waals surface area contributed by atoms with Crippen LogP contribution in [0.3, 0.4) is 0 Å². The summed E-state index contributed by atoms with van der Waals surface area (Å²) in [5, 5.41) is 10.8. The third-order valence-electron chi connectivity index (χ3n) is 2.47. The minimum absolute atomic E-state index is 0.00495. The fourth-order valence-electron chi connectivity index (χ4n) is 1.68. The fraction of sp³-hybridized carbons (Fsp3) is 0.182. The van der Waals surface area contributed by atoms with Crippen LogP contribution in [0.15, 0.2) is 27.6 Å². The van der Waals surface area contributed by atoms with Crippen LogP contribution in [0.2, 0.25) is 0 Å². The number of aromatic nitrogens is 3. The molecular formula is C11H10BrN5O3. The molecule has 0 saturated heterocycles. The number of pyridine rings is 1. The fourth-order valence-corrected chi connectivity index (χ4v) is 2.14. The zero-order chi connectivity index (χ0) is 14.9. The van der Waals surface area contributed by atoms with E-state index in [1.807, 2.05) is 0 Å². The van der Waals surface area contributed by atoms with Crippen molar-refractivity contribution in [3.05, 3.63) is 54.8 Å². The van der Waals surface area contributed by atoms with Crippen molar-refractivity contribution in [3.8, 4) is 0 Å². The zero-order valence-electron chi connectivity index (χ0n) is 10.4. The van der Waals surface area contributed by atoms with Crippen LogP contribution >= 0.6 is 15.9 Å². The third-order valence-corrected chi connectivity index (χ3v) is 3.04. The van der Waals surface area contributed by atoms with E-state index in [0.29, 0.717) is 11.5 Å². The highest BCUT2D eigenvalue weighted by molar-refractivity contribution is 9.10. The van der Waals surface area contributed by atoms with Gasteiger partial charge in [0, 0.05) is 17.8 Å². The van der Waals surface area contributed by atoms with E-state index in [1.165, 1.54) is 0 Å². The van der Waals surface area contributed by atoms with E-state index in [0.717, 1.165) is 16.8 Å². The molecule has 0 spiro atoms. The summed E-state index contributed by atoms with van der Waals surface area (Å²) in [7, 11) is 0. The highest BCUT2D eigenvalue weighted by atomic mass is 79.9. The lowest BCUT2D eigenvalue weighted by molar-refractivity contribution is -0.385. The number of hydrogen-bond donors (Lipinski definition) is 1. The SMILES string of the molecule is Cc1cc(N)nc(Cn2cc([N+](=O)[O-])cc(Br)c2=O)n1. The van der Waals surface area contributed by atoms with Gasteiger partial charge in [-0.2, -0.15) is 0 Å². The zero-order valence-corrected chi connectivity index (χ0v) is 12.0. The lowest BCUT2D eigenvalue weighted by atomic mass is 10.4. The molecule has 0 radical (unpaired) electrons. The number of rotatable bonds is 3. The largest absolute Gasteiger partial charge is 0.384 e. The number of nitro groups is 1. The average molecular weight is 340 g/mol. The van der Waals surface area contributed by atoms with Crippen molar-refractivity contribution in [3.63, 3.8) is 0 Å². The summed E-state index contributed by atoms with van der Waals surface area (Å²) in [6.45, 7) is 1.75. The van der Waals surface area contributed by atoms with Crippen LogP contribution in [0.1, 0.15) is 11.5 Å². The second-order valence-electron chi connectivity index (χ2n) is 4.09. The Kier molecular flexibility index (Phi) is 3.79. The summed E-state index contributed by atoms with van der Waals surface area (Å²) in [6.07, 6.45) is 1.15. The van der Waals surface area contributed by atoms with Crippen molar-refractivity contribution in [2.75, 3.05) is 5.73 Å². The summed E-state index contributed by atoms with van der Waals surface area (Å²) in [5.41, 5.74) is 5.66. The molecule has 2 aromatic rings. The Morgan fingerprint density at radius 3 is 2.75 bits per heavy atom. The van der Waals surface area contributed by atoms with Gasteiger partial charge in [-0.25, -0.2) is 9.97 Å². The van der Waals surface area contributed by atoms with Crippen LogP contribution in [0, 0.1) is 17.0 Å². The molecule has 0 aliphatic heterocycles. The van der Waals surface area contributed by atoms with E-state index < -0.39 is 10.5 Å². The molecule has 0 aliphatic rings. The Morgan fingerprint density at radius 2 is 2.15 bits per heavy atom. The molecule has 0 unspecified atom stereocenters. The first-order chi connectivity index (χ1) is 9.36. The smallest absolute Gasteiger partial charge is 0.286 e. The van der Waals surface area contributed by atoms with Crippen LogP contribution in [0.25, 0.3) is 0 Å². The molecule has 2 aromatic heterocycles. The summed E-state index contributed by atoms with van der Waals surface area (Å²) < 4.78 is 1.27. The molecule has 2 N–H and O–H groups in total. The number of halogens is 1. The topological polar surface area (TPSA) is 117 Å². The molecule has 0 fully saturated rings. The third kappa shape index (κ3) is 2.99. The number of hydrogen-bond acceptors (Lipinski definition) is 6. The van der Waals surface area contributed by atoms with Gasteiger partial charge in [-0.05, 0) is 22.9 Å².